The molecule has 0 bridgehead atoms. The van der Waals surface area contributed by atoms with E-state index in [0.717, 1.165) is 11.3 Å². The molecule has 7 heteroatoms. The lowest BCUT2D eigenvalue weighted by molar-refractivity contribution is 0.0936. The summed E-state index contributed by atoms with van der Waals surface area (Å²) in [6, 6.07) is 11.5. The van der Waals surface area contributed by atoms with Crippen LogP contribution in [-0.2, 0) is 6.54 Å². The van der Waals surface area contributed by atoms with Gasteiger partial charge in [-0.1, -0.05) is 25.1 Å². The Bertz CT molecular complexity index is 1260. The number of nitrogens with zero attached hydrogens (tertiary/aromatic N) is 1. The lowest BCUT2D eigenvalue weighted by Gasteiger charge is -2.15. The van der Waals surface area contributed by atoms with Crippen LogP contribution in [-0.4, -0.2) is 10.5 Å². The predicted octanol–water partition coefficient (Wildman–Crippen LogP) is 5.03. The van der Waals surface area contributed by atoms with Crippen LogP contribution >= 0.6 is 11.3 Å². The van der Waals surface area contributed by atoms with Gasteiger partial charge in [-0.25, -0.2) is 4.39 Å². The van der Waals surface area contributed by atoms with Crippen molar-refractivity contribution in [3.8, 4) is 0 Å². The number of nitrogens with one attached hydrogen (secondary N) is 1. The van der Waals surface area contributed by atoms with E-state index in [4.69, 9.17) is 4.42 Å². The largest absolute Gasteiger partial charge is 0.460 e. The van der Waals surface area contributed by atoms with Gasteiger partial charge in [0.25, 0.3) is 11.5 Å². The smallest absolute Gasteiger partial charge is 0.262 e. The SMILES string of the molecule is CC[C@@H](NC(=O)c1c(C)oc2ccn(Cc3cccc(F)c3)c(=O)c12)c1cccs1. The van der Waals surface area contributed by atoms with Crippen molar-refractivity contribution in [2.45, 2.75) is 32.9 Å². The summed E-state index contributed by atoms with van der Waals surface area (Å²) in [6.45, 7) is 3.87. The lowest BCUT2D eigenvalue weighted by atomic mass is 10.1. The minimum atomic E-state index is -0.361. The van der Waals surface area contributed by atoms with Gasteiger partial charge in [0.1, 0.15) is 17.2 Å². The van der Waals surface area contributed by atoms with Crippen molar-refractivity contribution in [1.82, 2.24) is 9.88 Å². The van der Waals surface area contributed by atoms with E-state index in [1.165, 1.54) is 16.7 Å². The molecule has 154 valence electrons. The third kappa shape index (κ3) is 3.80. The third-order valence-corrected chi connectivity index (χ3v) is 6.05. The molecule has 0 saturated heterocycles. The highest BCUT2D eigenvalue weighted by Gasteiger charge is 2.24. The molecule has 1 atom stereocenters. The highest BCUT2D eigenvalue weighted by molar-refractivity contribution is 7.10. The van der Waals surface area contributed by atoms with Gasteiger partial charge in [0.05, 0.1) is 23.5 Å². The van der Waals surface area contributed by atoms with Gasteiger partial charge in [-0.2, -0.15) is 0 Å². The highest BCUT2D eigenvalue weighted by Crippen LogP contribution is 2.26. The minimum Gasteiger partial charge on any atom is -0.460 e. The summed E-state index contributed by atoms with van der Waals surface area (Å²) in [5.74, 6) is -0.309. The molecule has 4 rings (SSSR count). The van der Waals surface area contributed by atoms with E-state index in [1.54, 1.807) is 42.7 Å². The van der Waals surface area contributed by atoms with E-state index in [0.29, 0.717) is 16.9 Å². The monoisotopic (exact) mass is 424 g/mol. The Morgan fingerprint density at radius 1 is 1.27 bits per heavy atom. The van der Waals surface area contributed by atoms with Crippen LogP contribution in [0.3, 0.4) is 0 Å². The van der Waals surface area contributed by atoms with E-state index in [9.17, 15) is 14.0 Å². The van der Waals surface area contributed by atoms with Gasteiger partial charge in [0.15, 0.2) is 0 Å². The number of halogens is 1. The molecule has 0 unspecified atom stereocenters. The van der Waals surface area contributed by atoms with Gasteiger partial charge in [-0.3, -0.25) is 9.59 Å². The van der Waals surface area contributed by atoms with Crippen molar-refractivity contribution in [3.63, 3.8) is 0 Å². The molecular weight excluding hydrogens is 403 g/mol. The molecule has 0 aliphatic heterocycles. The molecule has 3 aromatic heterocycles. The summed E-state index contributed by atoms with van der Waals surface area (Å²) < 4.78 is 20.7. The van der Waals surface area contributed by atoms with Gasteiger partial charge in [0.2, 0.25) is 0 Å². The summed E-state index contributed by atoms with van der Waals surface area (Å²) in [6.07, 6.45) is 2.32. The molecule has 4 aromatic rings. The molecule has 1 aromatic carbocycles. The highest BCUT2D eigenvalue weighted by atomic mass is 32.1. The number of aromatic nitrogens is 1. The van der Waals surface area contributed by atoms with Crippen LogP contribution in [0.1, 0.15) is 45.9 Å². The Balaban J connectivity index is 1.72. The van der Waals surface area contributed by atoms with E-state index in [2.05, 4.69) is 5.32 Å². The standard InChI is InChI=1S/C23H21FN2O3S/c1-3-17(19-8-5-11-30-19)25-22(27)20-14(2)29-18-9-10-26(23(28)21(18)20)13-15-6-4-7-16(24)12-15/h4-12,17H,3,13H2,1-2H3,(H,25,27)/t17-/m1/s1. The van der Waals surface area contributed by atoms with Crippen LogP contribution < -0.4 is 10.9 Å². The minimum absolute atomic E-state index is 0.139. The van der Waals surface area contributed by atoms with E-state index in [1.807, 2.05) is 24.4 Å². The third-order valence-electron chi connectivity index (χ3n) is 5.06. The van der Waals surface area contributed by atoms with Crippen molar-refractivity contribution in [1.29, 1.82) is 0 Å². The molecule has 5 nitrogen and oxygen atoms in total. The number of benzene rings is 1. The normalized spacial score (nSPS) is 12.2. The fourth-order valence-electron chi connectivity index (χ4n) is 3.59. The van der Waals surface area contributed by atoms with Crippen LogP contribution in [0.25, 0.3) is 11.0 Å². The average molecular weight is 424 g/mol. The first-order chi connectivity index (χ1) is 14.5. The summed E-state index contributed by atoms with van der Waals surface area (Å²) in [7, 11) is 0. The zero-order valence-corrected chi connectivity index (χ0v) is 17.5. The lowest BCUT2D eigenvalue weighted by Crippen LogP contribution is -2.29. The van der Waals surface area contributed by atoms with Crippen LogP contribution in [0.4, 0.5) is 4.39 Å². The summed E-state index contributed by atoms with van der Waals surface area (Å²) >= 11 is 1.58. The quantitative estimate of drug-likeness (QED) is 0.472. The molecule has 1 amide bonds. The van der Waals surface area contributed by atoms with E-state index < -0.39 is 0 Å². The van der Waals surface area contributed by atoms with Crippen LogP contribution in [0.2, 0.25) is 0 Å². The van der Waals surface area contributed by atoms with Gasteiger partial charge in [-0.05, 0) is 48.6 Å². The van der Waals surface area contributed by atoms with E-state index in [-0.39, 0.29) is 40.8 Å². The van der Waals surface area contributed by atoms with Crippen molar-refractivity contribution >= 4 is 28.2 Å². The van der Waals surface area contributed by atoms with Crippen LogP contribution in [0, 0.1) is 12.7 Å². The van der Waals surface area contributed by atoms with Gasteiger partial charge >= 0.3 is 0 Å². The fraction of sp³-hybridized carbons (Fsp3) is 0.217. The second-order valence-corrected chi connectivity index (χ2v) is 8.08. The van der Waals surface area contributed by atoms with Crippen molar-refractivity contribution in [2.24, 2.45) is 0 Å². The Labute approximate surface area is 176 Å². The molecular formula is C23H21FN2O3S. The maximum Gasteiger partial charge on any atom is 0.262 e. The van der Waals surface area contributed by atoms with Crippen molar-refractivity contribution < 1.29 is 13.6 Å². The second kappa shape index (κ2) is 8.28. The Morgan fingerprint density at radius 2 is 2.10 bits per heavy atom. The molecule has 0 radical (unpaired) electrons. The molecule has 1 N–H and O–H groups in total. The Morgan fingerprint density at radius 3 is 2.80 bits per heavy atom. The van der Waals surface area contributed by atoms with Crippen molar-refractivity contribution in [2.75, 3.05) is 0 Å². The maximum absolute atomic E-state index is 13.5. The number of carbonyl (C=O) groups excluding carboxylic acids is 1. The summed E-state index contributed by atoms with van der Waals surface area (Å²) in [5.41, 5.74) is 0.926. The topological polar surface area (TPSA) is 64.2 Å². The second-order valence-electron chi connectivity index (χ2n) is 7.10. The van der Waals surface area contributed by atoms with Crippen LogP contribution in [0.5, 0.6) is 0 Å². The number of pyridine rings is 1. The molecule has 0 aliphatic rings. The first kappa shape index (κ1) is 20.1. The zero-order chi connectivity index (χ0) is 21.3. The molecule has 0 saturated carbocycles. The predicted molar refractivity (Wildman–Crippen MR) is 116 cm³/mol. The van der Waals surface area contributed by atoms with Crippen molar-refractivity contribution in [3.05, 3.63) is 92.0 Å². The Kier molecular flexibility index (Phi) is 5.55. The Hall–Kier alpha value is -3.19. The number of hydrogen-bond donors (Lipinski definition) is 1. The number of carbonyl (C=O) groups is 1. The van der Waals surface area contributed by atoms with Gasteiger partial charge in [0, 0.05) is 11.1 Å². The molecule has 0 spiro atoms. The number of amides is 1. The van der Waals surface area contributed by atoms with Gasteiger partial charge in [-0.15, -0.1) is 11.3 Å². The summed E-state index contributed by atoms with van der Waals surface area (Å²) in [4.78, 5) is 27.3. The number of furan rings is 1. The average Bonchev–Trinajstić information content (AvgIpc) is 3.36. The molecule has 0 fully saturated rings. The van der Waals surface area contributed by atoms with E-state index >= 15 is 0 Å². The molecule has 0 aliphatic carbocycles. The first-order valence-electron chi connectivity index (χ1n) is 9.69. The zero-order valence-electron chi connectivity index (χ0n) is 16.6. The van der Waals surface area contributed by atoms with Gasteiger partial charge < -0.3 is 14.3 Å². The summed E-state index contributed by atoms with van der Waals surface area (Å²) in [5, 5.41) is 5.23. The maximum atomic E-state index is 13.5. The number of rotatable bonds is 6. The number of thiophene rings is 1. The molecule has 3 heterocycles. The van der Waals surface area contributed by atoms with Crippen LogP contribution in [0.15, 0.2) is 63.3 Å². The fourth-order valence-corrected chi connectivity index (χ4v) is 4.45. The number of aryl methyl sites for hydroxylation is 1. The number of fused-ring (bicyclic) bond motifs is 1. The number of hydrogen-bond acceptors (Lipinski definition) is 4. The first-order valence-corrected chi connectivity index (χ1v) is 10.6. The molecule has 30 heavy (non-hydrogen) atoms.